The molecule has 1 rings (SSSR count). The molecule has 0 bridgehead atoms. The van der Waals surface area contributed by atoms with E-state index in [1.165, 1.54) is 0 Å². The van der Waals surface area contributed by atoms with Gasteiger partial charge in [-0.15, -0.1) is 0 Å². The number of amides is 1. The number of para-hydroxylation sites is 2. The Morgan fingerprint density at radius 3 is 2.58 bits per heavy atom. The maximum Gasteiger partial charge on any atom is 0.407 e. The molecule has 19 heavy (non-hydrogen) atoms. The van der Waals surface area contributed by atoms with Crippen molar-refractivity contribution in [2.75, 3.05) is 24.1 Å². The van der Waals surface area contributed by atoms with Crippen LogP contribution in [-0.4, -0.2) is 24.8 Å². The topological polar surface area (TPSA) is 76.4 Å². The van der Waals surface area contributed by atoms with Gasteiger partial charge in [-0.25, -0.2) is 4.79 Å². The van der Waals surface area contributed by atoms with Gasteiger partial charge in [-0.05, 0) is 39.3 Å². The zero-order valence-corrected chi connectivity index (χ0v) is 11.8. The predicted molar refractivity (Wildman–Crippen MR) is 78.2 cm³/mol. The minimum Gasteiger partial charge on any atom is -0.444 e. The van der Waals surface area contributed by atoms with Gasteiger partial charge >= 0.3 is 6.09 Å². The van der Waals surface area contributed by atoms with E-state index in [0.29, 0.717) is 6.54 Å². The second kappa shape index (κ2) is 6.87. The molecule has 1 aromatic carbocycles. The van der Waals surface area contributed by atoms with E-state index in [1.807, 2.05) is 45.0 Å². The molecule has 1 aromatic rings. The van der Waals surface area contributed by atoms with Crippen molar-refractivity contribution in [1.29, 1.82) is 0 Å². The number of anilines is 2. The van der Waals surface area contributed by atoms with Crippen LogP contribution in [-0.2, 0) is 4.74 Å². The van der Waals surface area contributed by atoms with Crippen LogP contribution >= 0.6 is 0 Å². The number of carbonyl (C=O) groups is 1. The van der Waals surface area contributed by atoms with Crippen LogP contribution in [0.1, 0.15) is 27.2 Å². The minimum absolute atomic E-state index is 0.383. The third-order valence-electron chi connectivity index (χ3n) is 2.30. The fourth-order valence-electron chi connectivity index (χ4n) is 1.47. The Balaban J connectivity index is 2.15. The van der Waals surface area contributed by atoms with Crippen molar-refractivity contribution in [3.05, 3.63) is 24.3 Å². The molecule has 0 heterocycles. The van der Waals surface area contributed by atoms with Gasteiger partial charge in [-0.3, -0.25) is 0 Å². The summed E-state index contributed by atoms with van der Waals surface area (Å²) < 4.78 is 5.13. The molecule has 0 saturated heterocycles. The summed E-state index contributed by atoms with van der Waals surface area (Å²) in [6.45, 7) is 6.82. The molecule has 5 nitrogen and oxygen atoms in total. The number of benzene rings is 1. The predicted octanol–water partition coefficient (Wildman–Crippen LogP) is 2.60. The van der Waals surface area contributed by atoms with Gasteiger partial charge in [-0.1, -0.05) is 12.1 Å². The van der Waals surface area contributed by atoms with Crippen LogP contribution in [0.5, 0.6) is 0 Å². The van der Waals surface area contributed by atoms with Crippen molar-refractivity contribution in [2.45, 2.75) is 32.8 Å². The van der Waals surface area contributed by atoms with Gasteiger partial charge in [0.1, 0.15) is 5.60 Å². The number of hydrogen-bond acceptors (Lipinski definition) is 4. The Hall–Kier alpha value is -1.91. The summed E-state index contributed by atoms with van der Waals surface area (Å²) in [5, 5.41) is 5.93. The first-order valence-corrected chi connectivity index (χ1v) is 6.44. The second-order valence-electron chi connectivity index (χ2n) is 5.30. The van der Waals surface area contributed by atoms with E-state index in [0.717, 1.165) is 24.3 Å². The minimum atomic E-state index is -0.458. The number of nitrogen functional groups attached to an aromatic ring is 1. The first kappa shape index (κ1) is 15.1. The molecule has 0 radical (unpaired) electrons. The van der Waals surface area contributed by atoms with E-state index < -0.39 is 5.60 Å². The Morgan fingerprint density at radius 2 is 1.95 bits per heavy atom. The van der Waals surface area contributed by atoms with E-state index >= 15 is 0 Å². The lowest BCUT2D eigenvalue weighted by atomic mass is 10.2. The Bertz CT molecular complexity index is 413. The summed E-state index contributed by atoms with van der Waals surface area (Å²) in [6.07, 6.45) is 0.417. The molecule has 0 aliphatic rings. The largest absolute Gasteiger partial charge is 0.444 e. The molecule has 5 heteroatoms. The lowest BCUT2D eigenvalue weighted by Crippen LogP contribution is -2.33. The van der Waals surface area contributed by atoms with Gasteiger partial charge < -0.3 is 21.1 Å². The van der Waals surface area contributed by atoms with Crippen molar-refractivity contribution in [3.8, 4) is 0 Å². The highest BCUT2D eigenvalue weighted by molar-refractivity contribution is 5.67. The zero-order chi connectivity index (χ0) is 14.3. The fraction of sp³-hybridized carbons (Fsp3) is 0.500. The molecule has 0 saturated carbocycles. The van der Waals surface area contributed by atoms with Crippen LogP contribution in [0.3, 0.4) is 0 Å². The Morgan fingerprint density at radius 1 is 1.26 bits per heavy atom. The normalized spacial score (nSPS) is 10.9. The number of nitrogens with one attached hydrogen (secondary N) is 2. The Labute approximate surface area is 114 Å². The number of hydrogen-bond donors (Lipinski definition) is 3. The molecule has 1 amide bonds. The van der Waals surface area contributed by atoms with E-state index in [9.17, 15) is 4.79 Å². The average molecular weight is 265 g/mol. The first-order chi connectivity index (χ1) is 8.88. The quantitative estimate of drug-likeness (QED) is 0.565. The van der Waals surface area contributed by atoms with Crippen LogP contribution in [0.15, 0.2) is 24.3 Å². The van der Waals surface area contributed by atoms with Gasteiger partial charge in [0.2, 0.25) is 0 Å². The van der Waals surface area contributed by atoms with Gasteiger partial charge in [0.15, 0.2) is 0 Å². The summed E-state index contributed by atoms with van der Waals surface area (Å²) in [7, 11) is 0. The van der Waals surface area contributed by atoms with E-state index in [-0.39, 0.29) is 6.09 Å². The van der Waals surface area contributed by atoms with Crippen LogP contribution in [0, 0.1) is 0 Å². The molecule has 0 fully saturated rings. The molecular weight excluding hydrogens is 242 g/mol. The molecular formula is C14H23N3O2. The highest BCUT2D eigenvalue weighted by Gasteiger charge is 2.15. The maximum absolute atomic E-state index is 11.4. The summed E-state index contributed by atoms with van der Waals surface area (Å²) in [5.41, 5.74) is 6.98. The highest BCUT2D eigenvalue weighted by atomic mass is 16.6. The van der Waals surface area contributed by atoms with Crippen molar-refractivity contribution >= 4 is 17.5 Å². The third kappa shape index (κ3) is 6.55. The molecule has 0 aromatic heterocycles. The summed E-state index contributed by atoms with van der Waals surface area (Å²) in [5.74, 6) is 0. The van der Waals surface area contributed by atoms with Gasteiger partial charge in [0, 0.05) is 13.1 Å². The Kier molecular flexibility index (Phi) is 5.48. The smallest absolute Gasteiger partial charge is 0.407 e. The van der Waals surface area contributed by atoms with Crippen LogP contribution in [0.25, 0.3) is 0 Å². The highest BCUT2D eigenvalue weighted by Crippen LogP contribution is 2.16. The zero-order valence-electron chi connectivity index (χ0n) is 11.8. The number of carbonyl (C=O) groups excluding carboxylic acids is 1. The SMILES string of the molecule is CC(C)(C)OC(=O)NCCCNc1ccccc1N. The third-order valence-corrected chi connectivity index (χ3v) is 2.30. The van der Waals surface area contributed by atoms with E-state index in [4.69, 9.17) is 10.5 Å². The van der Waals surface area contributed by atoms with Gasteiger partial charge in [-0.2, -0.15) is 0 Å². The van der Waals surface area contributed by atoms with Crippen molar-refractivity contribution < 1.29 is 9.53 Å². The number of ether oxygens (including phenoxy) is 1. The van der Waals surface area contributed by atoms with Crippen LogP contribution < -0.4 is 16.4 Å². The molecule has 4 N–H and O–H groups in total. The van der Waals surface area contributed by atoms with Crippen LogP contribution in [0.2, 0.25) is 0 Å². The molecule has 0 spiro atoms. The number of alkyl carbamates (subject to hydrolysis) is 1. The number of nitrogens with two attached hydrogens (primary N) is 1. The lowest BCUT2D eigenvalue weighted by molar-refractivity contribution is 0.0528. The van der Waals surface area contributed by atoms with E-state index in [1.54, 1.807) is 0 Å². The van der Waals surface area contributed by atoms with Gasteiger partial charge in [0.25, 0.3) is 0 Å². The van der Waals surface area contributed by atoms with Crippen molar-refractivity contribution in [1.82, 2.24) is 5.32 Å². The monoisotopic (exact) mass is 265 g/mol. The second-order valence-corrected chi connectivity index (χ2v) is 5.30. The standard InChI is InChI=1S/C14H23N3O2/c1-14(2,3)19-13(18)17-10-6-9-16-12-8-5-4-7-11(12)15/h4-5,7-8,16H,6,9-10,15H2,1-3H3,(H,17,18). The summed E-state index contributed by atoms with van der Waals surface area (Å²) in [6, 6.07) is 7.60. The fourth-order valence-corrected chi connectivity index (χ4v) is 1.47. The van der Waals surface area contributed by atoms with Crippen molar-refractivity contribution in [3.63, 3.8) is 0 Å². The molecule has 0 aliphatic heterocycles. The van der Waals surface area contributed by atoms with Crippen LogP contribution in [0.4, 0.5) is 16.2 Å². The summed E-state index contributed by atoms with van der Waals surface area (Å²) in [4.78, 5) is 11.4. The van der Waals surface area contributed by atoms with Crippen molar-refractivity contribution in [2.24, 2.45) is 0 Å². The maximum atomic E-state index is 11.4. The van der Waals surface area contributed by atoms with Gasteiger partial charge in [0.05, 0.1) is 11.4 Å². The number of rotatable bonds is 5. The molecule has 0 aliphatic carbocycles. The first-order valence-electron chi connectivity index (χ1n) is 6.44. The average Bonchev–Trinajstić information content (AvgIpc) is 2.28. The molecule has 0 atom stereocenters. The lowest BCUT2D eigenvalue weighted by Gasteiger charge is -2.19. The molecule has 106 valence electrons. The summed E-state index contributed by atoms with van der Waals surface area (Å²) >= 11 is 0. The molecule has 0 unspecified atom stereocenters. The van der Waals surface area contributed by atoms with E-state index in [2.05, 4.69) is 10.6 Å².